The van der Waals surface area contributed by atoms with Gasteiger partial charge in [0.05, 0.1) is 24.5 Å². The van der Waals surface area contributed by atoms with Crippen LogP contribution in [0.5, 0.6) is 0 Å². The van der Waals surface area contributed by atoms with Gasteiger partial charge in [-0.3, -0.25) is 4.79 Å². The number of nitrogens with zero attached hydrogens (tertiary/aromatic N) is 1. The van der Waals surface area contributed by atoms with Gasteiger partial charge >= 0.3 is 5.97 Å². The number of likely N-dealkylation sites (N-methyl/N-ethyl adjacent to an activating group) is 1. The first-order chi connectivity index (χ1) is 12.0. The summed E-state index contributed by atoms with van der Waals surface area (Å²) in [5, 5.41) is 0. The van der Waals surface area contributed by atoms with Crippen molar-refractivity contribution in [1.82, 2.24) is 0 Å². The van der Waals surface area contributed by atoms with Gasteiger partial charge in [0.1, 0.15) is 6.61 Å². The molecule has 2 rings (SSSR count). The molecule has 1 amide bonds. The van der Waals surface area contributed by atoms with Crippen LogP contribution in [0, 0.1) is 0 Å². The lowest BCUT2D eigenvalue weighted by Gasteiger charge is -2.20. The van der Waals surface area contributed by atoms with Gasteiger partial charge in [-0.05, 0) is 30.7 Å². The Morgan fingerprint density at radius 1 is 1.12 bits per heavy atom. The average molecular weight is 342 g/mol. The summed E-state index contributed by atoms with van der Waals surface area (Å²) in [6.45, 7) is 2.20. The Kier molecular flexibility index (Phi) is 6.54. The Morgan fingerprint density at radius 3 is 2.52 bits per heavy atom. The maximum atomic E-state index is 12.4. The summed E-state index contributed by atoms with van der Waals surface area (Å²) in [7, 11) is 1.58. The number of nitrogen functional groups attached to an aromatic ring is 1. The molecule has 0 aromatic heterocycles. The number of rotatable bonds is 7. The molecule has 132 valence electrons. The molecular weight excluding hydrogens is 320 g/mol. The predicted molar refractivity (Wildman–Crippen MR) is 96.3 cm³/mol. The monoisotopic (exact) mass is 342 g/mol. The molecule has 0 aliphatic rings. The van der Waals surface area contributed by atoms with Crippen LogP contribution in [0.4, 0.5) is 11.4 Å². The van der Waals surface area contributed by atoms with Crippen LogP contribution in [0.15, 0.2) is 48.5 Å². The fraction of sp³-hybridized carbons (Fsp3) is 0.263. The zero-order chi connectivity index (χ0) is 18.2. The highest BCUT2D eigenvalue weighted by Crippen LogP contribution is 2.24. The van der Waals surface area contributed by atoms with Gasteiger partial charge in [-0.15, -0.1) is 0 Å². The third-order valence-corrected chi connectivity index (χ3v) is 3.59. The fourth-order valence-electron chi connectivity index (χ4n) is 2.27. The quantitative estimate of drug-likeness (QED) is 0.618. The number of anilines is 2. The summed E-state index contributed by atoms with van der Waals surface area (Å²) in [6, 6.07) is 14.3. The summed E-state index contributed by atoms with van der Waals surface area (Å²) in [6.07, 6.45) is 0. The van der Waals surface area contributed by atoms with Crippen molar-refractivity contribution in [2.45, 2.75) is 13.5 Å². The summed E-state index contributed by atoms with van der Waals surface area (Å²) in [4.78, 5) is 25.8. The second-order valence-electron chi connectivity index (χ2n) is 5.43. The molecule has 0 heterocycles. The van der Waals surface area contributed by atoms with Gasteiger partial charge in [-0.2, -0.15) is 0 Å². The van der Waals surface area contributed by atoms with Gasteiger partial charge in [0.25, 0.3) is 5.91 Å². The summed E-state index contributed by atoms with van der Waals surface area (Å²) in [5.41, 5.74) is 7.91. The van der Waals surface area contributed by atoms with E-state index in [1.165, 1.54) is 4.90 Å². The minimum atomic E-state index is -0.498. The third-order valence-electron chi connectivity index (χ3n) is 3.59. The van der Waals surface area contributed by atoms with Crippen molar-refractivity contribution in [2.75, 3.05) is 30.9 Å². The number of ether oxygens (including phenoxy) is 2. The number of nitrogens with two attached hydrogens (primary N) is 1. The van der Waals surface area contributed by atoms with E-state index in [4.69, 9.17) is 15.2 Å². The molecule has 0 saturated heterocycles. The molecule has 0 unspecified atom stereocenters. The van der Waals surface area contributed by atoms with E-state index in [1.807, 2.05) is 30.3 Å². The van der Waals surface area contributed by atoms with Crippen LogP contribution < -0.4 is 10.6 Å². The molecule has 0 radical (unpaired) electrons. The molecule has 0 aliphatic heterocycles. The molecule has 2 aromatic carbocycles. The normalized spacial score (nSPS) is 10.3. The van der Waals surface area contributed by atoms with E-state index >= 15 is 0 Å². The van der Waals surface area contributed by atoms with E-state index < -0.39 is 5.97 Å². The van der Waals surface area contributed by atoms with Crippen LogP contribution >= 0.6 is 0 Å². The van der Waals surface area contributed by atoms with Crippen LogP contribution in [-0.4, -0.2) is 32.1 Å². The molecule has 0 spiro atoms. The van der Waals surface area contributed by atoms with Crippen LogP contribution in [0.1, 0.15) is 22.8 Å². The van der Waals surface area contributed by atoms with Crippen LogP contribution in [0.2, 0.25) is 0 Å². The number of hydrogen-bond acceptors (Lipinski definition) is 5. The van der Waals surface area contributed by atoms with Crippen LogP contribution in [0.25, 0.3) is 0 Å². The first kappa shape index (κ1) is 18.5. The largest absolute Gasteiger partial charge is 0.462 e. The Balaban J connectivity index is 2.05. The highest BCUT2D eigenvalue weighted by Gasteiger charge is 2.20. The van der Waals surface area contributed by atoms with Crippen LogP contribution in [0.3, 0.4) is 0 Å². The molecule has 0 aliphatic carbocycles. The Hall–Kier alpha value is -2.86. The van der Waals surface area contributed by atoms with Crippen molar-refractivity contribution in [3.63, 3.8) is 0 Å². The van der Waals surface area contributed by atoms with E-state index in [2.05, 4.69) is 0 Å². The van der Waals surface area contributed by atoms with E-state index in [1.54, 1.807) is 32.2 Å². The molecule has 6 heteroatoms. The third kappa shape index (κ3) is 5.06. The lowest BCUT2D eigenvalue weighted by atomic mass is 10.1. The Labute approximate surface area is 147 Å². The molecular formula is C19H22N2O4. The SMILES string of the molecule is CCOC(=O)c1ccc(N)cc1N(C)C(=O)COCc1ccccc1. The second kappa shape index (κ2) is 8.84. The average Bonchev–Trinajstić information content (AvgIpc) is 2.62. The Bertz CT molecular complexity index is 731. The van der Waals surface area contributed by atoms with Crippen molar-refractivity contribution >= 4 is 23.3 Å². The fourth-order valence-corrected chi connectivity index (χ4v) is 2.27. The lowest BCUT2D eigenvalue weighted by Crippen LogP contribution is -2.31. The summed E-state index contributed by atoms with van der Waals surface area (Å²) < 4.78 is 10.5. The van der Waals surface area contributed by atoms with Crippen LogP contribution in [-0.2, 0) is 20.9 Å². The Morgan fingerprint density at radius 2 is 1.84 bits per heavy atom. The molecule has 0 atom stereocenters. The smallest absolute Gasteiger partial charge is 0.340 e. The zero-order valence-corrected chi connectivity index (χ0v) is 14.4. The van der Waals surface area contributed by atoms with E-state index in [0.717, 1.165) is 5.56 Å². The summed E-state index contributed by atoms with van der Waals surface area (Å²) >= 11 is 0. The van der Waals surface area contributed by atoms with E-state index in [-0.39, 0.29) is 24.7 Å². The minimum absolute atomic E-state index is 0.109. The number of benzene rings is 2. The first-order valence-corrected chi connectivity index (χ1v) is 7.97. The number of esters is 1. The van der Waals surface area contributed by atoms with Crippen molar-refractivity contribution in [3.05, 3.63) is 59.7 Å². The predicted octanol–water partition coefficient (Wildman–Crippen LogP) is 2.63. The molecule has 0 saturated carbocycles. The number of hydrogen-bond donors (Lipinski definition) is 1. The van der Waals surface area contributed by atoms with E-state index in [0.29, 0.717) is 18.0 Å². The maximum absolute atomic E-state index is 12.4. The minimum Gasteiger partial charge on any atom is -0.462 e. The topological polar surface area (TPSA) is 81.9 Å². The molecule has 2 aromatic rings. The van der Waals surface area contributed by atoms with Crippen molar-refractivity contribution in [3.8, 4) is 0 Å². The first-order valence-electron chi connectivity index (χ1n) is 7.97. The summed E-state index contributed by atoms with van der Waals surface area (Å²) in [5.74, 6) is -0.783. The van der Waals surface area contributed by atoms with Gasteiger partial charge < -0.3 is 20.1 Å². The van der Waals surface area contributed by atoms with Gasteiger partial charge in [-0.25, -0.2) is 4.79 Å². The van der Waals surface area contributed by atoms with Crippen molar-refractivity contribution in [1.29, 1.82) is 0 Å². The zero-order valence-electron chi connectivity index (χ0n) is 14.4. The molecule has 2 N–H and O–H groups in total. The van der Waals surface area contributed by atoms with Gasteiger partial charge in [-0.1, -0.05) is 30.3 Å². The molecule has 25 heavy (non-hydrogen) atoms. The van der Waals surface area contributed by atoms with Gasteiger partial charge in [0, 0.05) is 12.7 Å². The number of carbonyl (C=O) groups excluding carboxylic acids is 2. The van der Waals surface area contributed by atoms with E-state index in [9.17, 15) is 9.59 Å². The van der Waals surface area contributed by atoms with Gasteiger partial charge in [0.15, 0.2) is 0 Å². The standard InChI is InChI=1S/C19H22N2O4/c1-3-25-19(23)16-10-9-15(20)11-17(16)21(2)18(22)13-24-12-14-7-5-4-6-8-14/h4-11H,3,12-13,20H2,1-2H3. The molecule has 6 nitrogen and oxygen atoms in total. The maximum Gasteiger partial charge on any atom is 0.340 e. The highest BCUT2D eigenvalue weighted by molar-refractivity contribution is 6.03. The highest BCUT2D eigenvalue weighted by atomic mass is 16.5. The molecule has 0 fully saturated rings. The lowest BCUT2D eigenvalue weighted by molar-refractivity contribution is -0.123. The van der Waals surface area contributed by atoms with Gasteiger partial charge in [0.2, 0.25) is 0 Å². The number of carbonyl (C=O) groups is 2. The van der Waals surface area contributed by atoms with Crippen molar-refractivity contribution < 1.29 is 19.1 Å². The molecule has 0 bridgehead atoms. The van der Waals surface area contributed by atoms with Crippen molar-refractivity contribution in [2.24, 2.45) is 0 Å². The second-order valence-corrected chi connectivity index (χ2v) is 5.43. The number of amides is 1.